The standard InChI is InChI=1S/C10H6F3NO2/c11-10(12,13)5-16-7-1-2-8-6(3-7)4-9(15)14-8/h1-4H,5H2. The third kappa shape index (κ3) is 2.39. The van der Waals surface area contributed by atoms with E-state index in [0.29, 0.717) is 10.6 Å². The summed E-state index contributed by atoms with van der Waals surface area (Å²) in [5.74, 6) is -0.347. The lowest BCUT2D eigenvalue weighted by molar-refractivity contribution is -0.153. The first-order chi connectivity index (χ1) is 7.44. The van der Waals surface area contributed by atoms with Crippen LogP contribution in [0.5, 0.6) is 5.75 Å². The van der Waals surface area contributed by atoms with Crippen molar-refractivity contribution in [2.45, 2.75) is 6.18 Å². The summed E-state index contributed by atoms with van der Waals surface area (Å²) in [5.41, 5.74) is 0. The second-order valence-electron chi connectivity index (χ2n) is 3.22. The van der Waals surface area contributed by atoms with Gasteiger partial charge >= 0.3 is 6.18 Å². The van der Waals surface area contributed by atoms with Gasteiger partial charge in [-0.1, -0.05) is 0 Å². The number of rotatable bonds is 2. The van der Waals surface area contributed by atoms with Gasteiger partial charge in [-0.25, -0.2) is 4.99 Å². The van der Waals surface area contributed by atoms with Crippen molar-refractivity contribution in [2.24, 2.45) is 4.99 Å². The number of ether oxygens (including phenoxy) is 1. The zero-order valence-electron chi connectivity index (χ0n) is 7.91. The third-order valence-electron chi connectivity index (χ3n) is 1.91. The van der Waals surface area contributed by atoms with Crippen molar-refractivity contribution in [3.05, 3.63) is 28.8 Å². The lowest BCUT2D eigenvalue weighted by Crippen LogP contribution is -2.23. The molecule has 6 heteroatoms. The molecule has 0 spiro atoms. The Morgan fingerprint density at radius 2 is 2.06 bits per heavy atom. The molecule has 0 saturated carbocycles. The normalized spacial score (nSPS) is 14.1. The topological polar surface area (TPSA) is 38.7 Å². The number of carbonyl (C=O) groups excluding carboxylic acids is 1. The molecule has 0 atom stereocenters. The molecule has 0 aliphatic carbocycles. The maximum atomic E-state index is 11.9. The minimum absolute atomic E-state index is 0.0669. The number of benzene rings is 1. The van der Waals surface area contributed by atoms with Crippen LogP contribution in [0, 0.1) is 0 Å². The van der Waals surface area contributed by atoms with Crippen molar-refractivity contribution in [1.82, 2.24) is 0 Å². The Kier molecular flexibility index (Phi) is 2.41. The summed E-state index contributed by atoms with van der Waals surface area (Å²) in [5, 5.41) is 0.925. The Bertz CT molecular complexity index is 548. The number of nitrogens with zero attached hydrogens (tertiary/aromatic N) is 1. The van der Waals surface area contributed by atoms with Crippen LogP contribution in [-0.2, 0) is 4.79 Å². The average molecular weight is 229 g/mol. The molecule has 1 amide bonds. The monoisotopic (exact) mass is 229 g/mol. The van der Waals surface area contributed by atoms with E-state index in [4.69, 9.17) is 0 Å². The Balaban J connectivity index is 2.22. The second kappa shape index (κ2) is 3.62. The molecule has 0 fully saturated rings. The number of alkyl halides is 3. The fourth-order valence-electron chi connectivity index (χ4n) is 1.29. The van der Waals surface area contributed by atoms with Gasteiger partial charge in [0.2, 0.25) is 0 Å². The second-order valence-corrected chi connectivity index (χ2v) is 3.22. The largest absolute Gasteiger partial charge is 0.484 e. The summed E-state index contributed by atoms with van der Waals surface area (Å²) in [4.78, 5) is 14.5. The molecule has 0 bridgehead atoms. The number of fused-ring (bicyclic) bond motifs is 1. The van der Waals surface area contributed by atoms with Gasteiger partial charge in [0.25, 0.3) is 5.91 Å². The van der Waals surface area contributed by atoms with Crippen LogP contribution >= 0.6 is 0 Å². The molecule has 16 heavy (non-hydrogen) atoms. The van der Waals surface area contributed by atoms with Crippen LogP contribution in [0.4, 0.5) is 13.2 Å². The van der Waals surface area contributed by atoms with Crippen molar-refractivity contribution in [1.29, 1.82) is 0 Å². The van der Waals surface area contributed by atoms with Gasteiger partial charge in [-0.05, 0) is 18.2 Å². The maximum absolute atomic E-state index is 11.9. The van der Waals surface area contributed by atoms with Crippen LogP contribution in [0.2, 0.25) is 0 Å². The van der Waals surface area contributed by atoms with Crippen LogP contribution in [0.25, 0.3) is 6.08 Å². The summed E-state index contributed by atoms with van der Waals surface area (Å²) in [7, 11) is 0. The molecule has 0 N–H and O–H groups in total. The van der Waals surface area contributed by atoms with Crippen LogP contribution in [-0.4, -0.2) is 18.7 Å². The van der Waals surface area contributed by atoms with E-state index in [1.54, 1.807) is 0 Å². The summed E-state index contributed by atoms with van der Waals surface area (Å²) >= 11 is 0. The zero-order chi connectivity index (χ0) is 11.8. The third-order valence-corrected chi connectivity index (χ3v) is 1.91. The molecule has 0 saturated heterocycles. The molecule has 0 aromatic heterocycles. The van der Waals surface area contributed by atoms with E-state index in [9.17, 15) is 18.0 Å². The molecule has 2 rings (SSSR count). The molecule has 3 nitrogen and oxygen atoms in total. The van der Waals surface area contributed by atoms with Gasteiger partial charge in [0.1, 0.15) is 5.75 Å². The molecule has 0 radical (unpaired) electrons. The van der Waals surface area contributed by atoms with E-state index >= 15 is 0 Å². The van der Waals surface area contributed by atoms with Crippen molar-refractivity contribution in [3.63, 3.8) is 0 Å². The minimum atomic E-state index is -4.37. The molecule has 1 aromatic carbocycles. The van der Waals surface area contributed by atoms with Crippen molar-refractivity contribution in [2.75, 3.05) is 6.61 Å². The van der Waals surface area contributed by atoms with Crippen molar-refractivity contribution < 1.29 is 22.7 Å². The van der Waals surface area contributed by atoms with E-state index in [1.165, 1.54) is 24.3 Å². The molecule has 1 heterocycles. The van der Waals surface area contributed by atoms with Crippen LogP contribution in [0.15, 0.2) is 23.2 Å². The zero-order valence-corrected chi connectivity index (χ0v) is 7.91. The highest BCUT2D eigenvalue weighted by Crippen LogP contribution is 2.16. The molecule has 1 aliphatic rings. The summed E-state index contributed by atoms with van der Waals surface area (Å²) in [6, 6.07) is 4.15. The predicted octanol–water partition coefficient (Wildman–Crippen LogP) is 0.568. The maximum Gasteiger partial charge on any atom is 0.422 e. The summed E-state index contributed by atoms with van der Waals surface area (Å²) in [6.45, 7) is -1.35. The molecular formula is C10H6F3NO2. The molecular weight excluding hydrogens is 223 g/mol. The molecule has 84 valence electrons. The van der Waals surface area contributed by atoms with E-state index in [0.717, 1.165) is 0 Å². The fraction of sp³-hybridized carbons (Fsp3) is 0.200. The van der Waals surface area contributed by atoms with Gasteiger partial charge in [-0.3, -0.25) is 4.79 Å². The number of carbonyl (C=O) groups is 1. The Morgan fingerprint density at radius 3 is 2.75 bits per heavy atom. The quantitative estimate of drug-likeness (QED) is 0.743. The highest BCUT2D eigenvalue weighted by Gasteiger charge is 2.28. The number of hydrogen-bond donors (Lipinski definition) is 0. The molecule has 0 unspecified atom stereocenters. The highest BCUT2D eigenvalue weighted by molar-refractivity contribution is 6.06. The van der Waals surface area contributed by atoms with Gasteiger partial charge in [-0.2, -0.15) is 13.2 Å². The van der Waals surface area contributed by atoms with Gasteiger partial charge < -0.3 is 4.74 Å². The number of halogens is 3. The van der Waals surface area contributed by atoms with Crippen molar-refractivity contribution >= 4 is 12.0 Å². The lowest BCUT2D eigenvalue weighted by atomic mass is 10.3. The summed E-state index contributed by atoms with van der Waals surface area (Å²) in [6.07, 6.45) is -3.13. The SMILES string of the molecule is O=C1C=c2cc(OCC(F)(F)F)ccc2=N1. The van der Waals surface area contributed by atoms with Gasteiger partial charge in [-0.15, -0.1) is 0 Å². The Hall–Kier alpha value is -1.85. The van der Waals surface area contributed by atoms with Crippen LogP contribution < -0.4 is 15.3 Å². The average Bonchev–Trinajstić information content (AvgIpc) is 2.52. The van der Waals surface area contributed by atoms with Crippen LogP contribution in [0.3, 0.4) is 0 Å². The van der Waals surface area contributed by atoms with E-state index in [-0.39, 0.29) is 5.75 Å². The van der Waals surface area contributed by atoms with Gasteiger partial charge in [0, 0.05) is 11.3 Å². The first-order valence-electron chi connectivity index (χ1n) is 4.38. The minimum Gasteiger partial charge on any atom is -0.484 e. The fourth-order valence-corrected chi connectivity index (χ4v) is 1.29. The first kappa shape index (κ1) is 10.7. The molecule has 1 aromatic rings. The molecule has 1 aliphatic heterocycles. The predicted molar refractivity (Wildman–Crippen MR) is 48.2 cm³/mol. The van der Waals surface area contributed by atoms with E-state index < -0.39 is 18.7 Å². The van der Waals surface area contributed by atoms with Gasteiger partial charge in [0.05, 0.1) is 5.36 Å². The summed E-state index contributed by atoms with van der Waals surface area (Å²) < 4.78 is 40.1. The van der Waals surface area contributed by atoms with Crippen molar-refractivity contribution in [3.8, 4) is 5.75 Å². The Morgan fingerprint density at radius 1 is 1.31 bits per heavy atom. The highest BCUT2D eigenvalue weighted by atomic mass is 19.4. The number of hydrogen-bond acceptors (Lipinski definition) is 2. The van der Waals surface area contributed by atoms with Crippen LogP contribution in [0.1, 0.15) is 0 Å². The first-order valence-corrected chi connectivity index (χ1v) is 4.38. The number of amides is 1. The van der Waals surface area contributed by atoms with E-state index in [2.05, 4.69) is 9.73 Å². The smallest absolute Gasteiger partial charge is 0.422 e. The van der Waals surface area contributed by atoms with Gasteiger partial charge in [0.15, 0.2) is 6.61 Å². The lowest BCUT2D eigenvalue weighted by Gasteiger charge is -2.08. The van der Waals surface area contributed by atoms with E-state index in [1.807, 2.05) is 0 Å². The Labute approximate surface area is 87.9 Å².